The molecule has 1 aromatic carbocycles. The van der Waals surface area contributed by atoms with Crippen LogP contribution in [-0.2, 0) is 4.79 Å². The zero-order valence-corrected chi connectivity index (χ0v) is 14.1. The highest BCUT2D eigenvalue weighted by Gasteiger charge is 2.36. The van der Waals surface area contributed by atoms with Crippen molar-refractivity contribution in [3.63, 3.8) is 0 Å². The number of fused-ring (bicyclic) bond motifs is 1. The van der Waals surface area contributed by atoms with Gasteiger partial charge in [-0.2, -0.15) is 0 Å². The van der Waals surface area contributed by atoms with Crippen LogP contribution in [0, 0.1) is 5.92 Å². The molecule has 1 unspecified atom stereocenters. The van der Waals surface area contributed by atoms with E-state index in [1.54, 1.807) is 24.3 Å². The van der Waals surface area contributed by atoms with Crippen LogP contribution in [0.25, 0.3) is 0 Å². The topological polar surface area (TPSA) is 66.5 Å². The maximum atomic E-state index is 12.3. The number of rotatable bonds is 5. The van der Waals surface area contributed by atoms with E-state index in [-0.39, 0.29) is 30.3 Å². The number of carbonyl (C=O) groups is 3. The first-order valence-electron chi connectivity index (χ1n) is 8.81. The monoisotopic (exact) mass is 328 g/mol. The van der Waals surface area contributed by atoms with Gasteiger partial charge in [0.15, 0.2) is 0 Å². The largest absolute Gasteiger partial charge is 0.352 e. The second-order valence-corrected chi connectivity index (χ2v) is 6.95. The Labute approximate surface area is 142 Å². The van der Waals surface area contributed by atoms with E-state index < -0.39 is 0 Å². The van der Waals surface area contributed by atoms with E-state index in [2.05, 4.69) is 5.32 Å². The summed E-state index contributed by atoms with van der Waals surface area (Å²) in [4.78, 5) is 37.8. The summed E-state index contributed by atoms with van der Waals surface area (Å²) >= 11 is 0. The van der Waals surface area contributed by atoms with Gasteiger partial charge in [0.25, 0.3) is 11.8 Å². The zero-order chi connectivity index (χ0) is 17.1. The molecule has 1 aliphatic heterocycles. The highest BCUT2D eigenvalue weighted by atomic mass is 16.2. The molecule has 0 bridgehead atoms. The number of imide groups is 1. The molecule has 0 aromatic heterocycles. The molecule has 2 aliphatic rings. The summed E-state index contributed by atoms with van der Waals surface area (Å²) in [5.74, 6) is -0.363. The summed E-state index contributed by atoms with van der Waals surface area (Å²) in [6.45, 7) is 1.79. The molecule has 0 saturated heterocycles. The van der Waals surface area contributed by atoms with Crippen molar-refractivity contribution in [2.24, 2.45) is 5.92 Å². The molecule has 1 aromatic rings. The fraction of sp³-hybridized carbons (Fsp3) is 0.526. The Bertz CT molecular complexity index is 615. The molecule has 5 nitrogen and oxygen atoms in total. The van der Waals surface area contributed by atoms with E-state index in [1.807, 2.05) is 6.92 Å². The lowest BCUT2D eigenvalue weighted by atomic mass is 9.85. The van der Waals surface area contributed by atoms with Gasteiger partial charge in [-0.1, -0.05) is 44.2 Å². The van der Waals surface area contributed by atoms with Gasteiger partial charge in [-0.15, -0.1) is 0 Å². The molecule has 0 spiro atoms. The molecule has 5 heteroatoms. The van der Waals surface area contributed by atoms with E-state index in [4.69, 9.17) is 0 Å². The van der Waals surface area contributed by atoms with E-state index in [0.29, 0.717) is 17.0 Å². The number of nitrogens with one attached hydrogen (secondary N) is 1. The summed E-state index contributed by atoms with van der Waals surface area (Å²) in [6.07, 6.45) is 7.31. The second-order valence-electron chi connectivity index (χ2n) is 6.95. The predicted molar refractivity (Wildman–Crippen MR) is 90.6 cm³/mol. The van der Waals surface area contributed by atoms with Crippen LogP contribution in [0.5, 0.6) is 0 Å². The molecule has 1 atom stereocenters. The minimum Gasteiger partial charge on any atom is -0.352 e. The number of carbonyl (C=O) groups excluding carboxylic acids is 3. The smallest absolute Gasteiger partial charge is 0.262 e. The molecular formula is C19H24N2O3. The van der Waals surface area contributed by atoms with E-state index in [1.165, 1.54) is 32.1 Å². The Morgan fingerprint density at radius 3 is 2.29 bits per heavy atom. The van der Waals surface area contributed by atoms with Crippen molar-refractivity contribution >= 4 is 17.7 Å². The van der Waals surface area contributed by atoms with Crippen LogP contribution in [0.1, 0.15) is 66.2 Å². The van der Waals surface area contributed by atoms with Crippen molar-refractivity contribution in [3.05, 3.63) is 35.4 Å². The summed E-state index contributed by atoms with van der Waals surface area (Å²) in [6, 6.07) is 6.76. The number of nitrogens with zero attached hydrogens (tertiary/aromatic N) is 1. The van der Waals surface area contributed by atoms with E-state index in [0.717, 1.165) is 11.3 Å². The average molecular weight is 328 g/mol. The molecule has 1 heterocycles. The molecule has 1 fully saturated rings. The number of amides is 3. The Balaban J connectivity index is 1.54. The third-order valence-corrected chi connectivity index (χ3v) is 5.00. The average Bonchev–Trinajstić information content (AvgIpc) is 2.81. The molecule has 3 rings (SSSR count). The lowest BCUT2D eigenvalue weighted by Gasteiger charge is -2.25. The first-order chi connectivity index (χ1) is 11.6. The number of benzene rings is 1. The van der Waals surface area contributed by atoms with Gasteiger partial charge in [0, 0.05) is 6.04 Å². The SMILES string of the molecule is CC(CC1CCCCC1)NC(=O)CN1C(=O)c2ccccc2C1=O. The number of hydrogen-bond donors (Lipinski definition) is 1. The summed E-state index contributed by atoms with van der Waals surface area (Å²) in [5, 5.41) is 2.94. The van der Waals surface area contributed by atoms with Crippen LogP contribution < -0.4 is 5.32 Å². The molecule has 128 valence electrons. The molecule has 3 amide bonds. The summed E-state index contributed by atoms with van der Waals surface area (Å²) < 4.78 is 0. The molecule has 1 aliphatic carbocycles. The van der Waals surface area contributed by atoms with E-state index >= 15 is 0 Å². The van der Waals surface area contributed by atoms with Crippen LogP contribution >= 0.6 is 0 Å². The van der Waals surface area contributed by atoms with Gasteiger partial charge in [-0.05, 0) is 31.4 Å². The fourth-order valence-corrected chi connectivity index (χ4v) is 3.83. The van der Waals surface area contributed by atoms with Crippen molar-refractivity contribution in [1.82, 2.24) is 10.2 Å². The Kier molecular flexibility index (Phi) is 4.97. The Hall–Kier alpha value is -2.17. The van der Waals surface area contributed by atoms with Crippen LogP contribution in [0.15, 0.2) is 24.3 Å². The first-order valence-corrected chi connectivity index (χ1v) is 8.81. The second kappa shape index (κ2) is 7.16. The van der Waals surface area contributed by atoms with Gasteiger partial charge in [0.1, 0.15) is 6.54 Å². The van der Waals surface area contributed by atoms with Crippen molar-refractivity contribution in [3.8, 4) is 0 Å². The Morgan fingerprint density at radius 1 is 1.12 bits per heavy atom. The highest BCUT2D eigenvalue weighted by molar-refractivity contribution is 6.22. The quantitative estimate of drug-likeness (QED) is 0.845. The lowest BCUT2D eigenvalue weighted by Crippen LogP contribution is -2.43. The maximum absolute atomic E-state index is 12.3. The molecule has 1 N–H and O–H groups in total. The van der Waals surface area contributed by atoms with Gasteiger partial charge in [-0.25, -0.2) is 0 Å². The normalized spacial score (nSPS) is 19.3. The van der Waals surface area contributed by atoms with Gasteiger partial charge in [0.2, 0.25) is 5.91 Å². The van der Waals surface area contributed by atoms with Crippen molar-refractivity contribution in [2.45, 2.75) is 51.5 Å². The molecule has 0 radical (unpaired) electrons. The van der Waals surface area contributed by atoms with Crippen LogP contribution in [0.2, 0.25) is 0 Å². The van der Waals surface area contributed by atoms with E-state index in [9.17, 15) is 14.4 Å². The van der Waals surface area contributed by atoms with Gasteiger partial charge in [-0.3, -0.25) is 19.3 Å². The standard InChI is InChI=1S/C19H24N2O3/c1-13(11-14-7-3-2-4-8-14)20-17(22)12-21-18(23)15-9-5-6-10-16(15)19(21)24/h5-6,9-10,13-14H,2-4,7-8,11-12H2,1H3,(H,20,22). The fourth-order valence-electron chi connectivity index (χ4n) is 3.83. The van der Waals surface area contributed by atoms with Gasteiger partial charge in [0.05, 0.1) is 11.1 Å². The Morgan fingerprint density at radius 2 is 1.71 bits per heavy atom. The van der Waals surface area contributed by atoms with Crippen molar-refractivity contribution < 1.29 is 14.4 Å². The summed E-state index contributed by atoms with van der Waals surface area (Å²) in [5.41, 5.74) is 0.760. The highest BCUT2D eigenvalue weighted by Crippen LogP contribution is 2.27. The van der Waals surface area contributed by atoms with Crippen LogP contribution in [0.4, 0.5) is 0 Å². The molecular weight excluding hydrogens is 304 g/mol. The van der Waals surface area contributed by atoms with Crippen LogP contribution in [0.3, 0.4) is 0 Å². The molecule has 1 saturated carbocycles. The third-order valence-electron chi connectivity index (χ3n) is 5.00. The first kappa shape index (κ1) is 16.7. The lowest BCUT2D eigenvalue weighted by molar-refractivity contribution is -0.122. The number of hydrogen-bond acceptors (Lipinski definition) is 3. The van der Waals surface area contributed by atoms with Crippen LogP contribution in [-0.4, -0.2) is 35.2 Å². The minimum atomic E-state index is -0.384. The predicted octanol–water partition coefficient (Wildman–Crippen LogP) is 2.76. The van der Waals surface area contributed by atoms with Gasteiger partial charge >= 0.3 is 0 Å². The maximum Gasteiger partial charge on any atom is 0.262 e. The summed E-state index contributed by atoms with van der Waals surface area (Å²) in [7, 11) is 0. The third kappa shape index (κ3) is 3.50. The minimum absolute atomic E-state index is 0.0655. The van der Waals surface area contributed by atoms with Gasteiger partial charge < -0.3 is 5.32 Å². The van der Waals surface area contributed by atoms with Crippen molar-refractivity contribution in [1.29, 1.82) is 0 Å². The molecule has 24 heavy (non-hydrogen) atoms. The zero-order valence-electron chi connectivity index (χ0n) is 14.1. The van der Waals surface area contributed by atoms with Crippen molar-refractivity contribution in [2.75, 3.05) is 6.54 Å².